The van der Waals surface area contributed by atoms with Crippen molar-refractivity contribution in [1.29, 1.82) is 0 Å². The third kappa shape index (κ3) is 3.21. The highest BCUT2D eigenvalue weighted by atomic mass is 32.2. The molecule has 1 aliphatic carbocycles. The molecule has 3 rings (SSSR count). The summed E-state index contributed by atoms with van der Waals surface area (Å²) < 4.78 is 45.3. The zero-order valence-electron chi connectivity index (χ0n) is 14.3. The first-order valence-electron chi connectivity index (χ1n) is 8.23. The molecular weight excluding hydrogens is 341 g/mol. The molecule has 4 nitrogen and oxygen atoms in total. The van der Waals surface area contributed by atoms with Crippen molar-refractivity contribution in [3.8, 4) is 0 Å². The SMILES string of the molecule is CCOC[C@@]1(N)[C@@H](c2cccc(F)c2)[C@@H]1S(=O)(=O)c1ccc(C)cc1. The smallest absolute Gasteiger partial charge is 0.183 e. The summed E-state index contributed by atoms with van der Waals surface area (Å²) in [4.78, 5) is 0.230. The van der Waals surface area contributed by atoms with E-state index in [1.807, 2.05) is 13.8 Å². The molecule has 0 unspecified atom stereocenters. The zero-order chi connectivity index (χ0) is 18.2. The number of aryl methyl sites for hydroxylation is 1. The maximum absolute atomic E-state index is 13.6. The predicted molar refractivity (Wildman–Crippen MR) is 94.7 cm³/mol. The number of hydrogen-bond donors (Lipinski definition) is 1. The van der Waals surface area contributed by atoms with Gasteiger partial charge in [0, 0.05) is 12.5 Å². The highest BCUT2D eigenvalue weighted by Crippen LogP contribution is 2.55. The van der Waals surface area contributed by atoms with Gasteiger partial charge in [-0.05, 0) is 43.7 Å². The van der Waals surface area contributed by atoms with Crippen molar-refractivity contribution in [3.05, 3.63) is 65.5 Å². The maximum Gasteiger partial charge on any atom is 0.183 e. The Morgan fingerprint density at radius 2 is 1.88 bits per heavy atom. The second kappa shape index (κ2) is 6.52. The molecule has 25 heavy (non-hydrogen) atoms. The molecule has 0 amide bonds. The van der Waals surface area contributed by atoms with E-state index in [0.29, 0.717) is 12.2 Å². The van der Waals surface area contributed by atoms with Crippen LogP contribution in [0.3, 0.4) is 0 Å². The lowest BCUT2D eigenvalue weighted by Crippen LogP contribution is -2.36. The Labute approximate surface area is 147 Å². The van der Waals surface area contributed by atoms with Crippen molar-refractivity contribution >= 4 is 9.84 Å². The molecule has 2 aromatic carbocycles. The summed E-state index contributed by atoms with van der Waals surface area (Å²) >= 11 is 0. The first-order chi connectivity index (χ1) is 11.8. The van der Waals surface area contributed by atoms with Gasteiger partial charge in [-0.15, -0.1) is 0 Å². The van der Waals surface area contributed by atoms with Gasteiger partial charge in [-0.1, -0.05) is 29.8 Å². The highest BCUT2D eigenvalue weighted by molar-refractivity contribution is 7.92. The van der Waals surface area contributed by atoms with Gasteiger partial charge in [0.1, 0.15) is 5.82 Å². The van der Waals surface area contributed by atoms with E-state index in [9.17, 15) is 12.8 Å². The molecule has 2 aromatic rings. The number of ether oxygens (including phenoxy) is 1. The predicted octanol–water partition coefficient (Wildman–Crippen LogP) is 2.81. The van der Waals surface area contributed by atoms with E-state index in [2.05, 4.69) is 0 Å². The highest BCUT2D eigenvalue weighted by Gasteiger charge is 2.69. The summed E-state index contributed by atoms with van der Waals surface area (Å²) in [5.41, 5.74) is 6.93. The van der Waals surface area contributed by atoms with Gasteiger partial charge in [0.2, 0.25) is 0 Å². The van der Waals surface area contributed by atoms with Crippen LogP contribution < -0.4 is 5.73 Å². The third-order valence-corrected chi connectivity index (χ3v) is 7.06. The molecule has 6 heteroatoms. The average molecular weight is 363 g/mol. The monoisotopic (exact) mass is 363 g/mol. The maximum atomic E-state index is 13.6. The fourth-order valence-corrected chi connectivity index (χ4v) is 5.69. The van der Waals surface area contributed by atoms with Gasteiger partial charge in [0.15, 0.2) is 9.84 Å². The Hall–Kier alpha value is -1.76. The fraction of sp³-hybridized carbons (Fsp3) is 0.368. The number of halogens is 1. The summed E-state index contributed by atoms with van der Waals surface area (Å²) in [5, 5.41) is -0.837. The number of nitrogens with two attached hydrogens (primary N) is 1. The Kier molecular flexibility index (Phi) is 4.70. The van der Waals surface area contributed by atoms with Gasteiger partial charge in [-0.2, -0.15) is 0 Å². The van der Waals surface area contributed by atoms with Crippen molar-refractivity contribution in [2.75, 3.05) is 13.2 Å². The second-order valence-electron chi connectivity index (χ2n) is 6.56. The van der Waals surface area contributed by atoms with Crippen LogP contribution in [0.15, 0.2) is 53.4 Å². The molecule has 134 valence electrons. The molecule has 3 atom stereocenters. The Morgan fingerprint density at radius 1 is 1.20 bits per heavy atom. The van der Waals surface area contributed by atoms with Gasteiger partial charge in [-0.25, -0.2) is 12.8 Å². The lowest BCUT2D eigenvalue weighted by molar-refractivity contribution is 0.125. The van der Waals surface area contributed by atoms with Crippen LogP contribution in [-0.4, -0.2) is 32.4 Å². The molecule has 0 saturated heterocycles. The minimum Gasteiger partial charge on any atom is -0.380 e. The first kappa shape index (κ1) is 18.0. The number of sulfone groups is 1. The van der Waals surface area contributed by atoms with Crippen LogP contribution in [0.4, 0.5) is 4.39 Å². The zero-order valence-corrected chi connectivity index (χ0v) is 15.1. The number of benzene rings is 2. The first-order valence-corrected chi connectivity index (χ1v) is 9.78. The van der Waals surface area contributed by atoms with E-state index in [1.165, 1.54) is 12.1 Å². The van der Waals surface area contributed by atoms with E-state index in [0.717, 1.165) is 5.56 Å². The van der Waals surface area contributed by atoms with E-state index in [4.69, 9.17) is 10.5 Å². The van der Waals surface area contributed by atoms with Crippen LogP contribution in [0.1, 0.15) is 24.0 Å². The fourth-order valence-electron chi connectivity index (χ4n) is 3.40. The summed E-state index contributed by atoms with van der Waals surface area (Å²) in [6.45, 7) is 4.27. The molecule has 0 radical (unpaired) electrons. The van der Waals surface area contributed by atoms with Gasteiger partial charge < -0.3 is 10.5 Å². The Balaban J connectivity index is 2.01. The van der Waals surface area contributed by atoms with Crippen molar-refractivity contribution in [1.82, 2.24) is 0 Å². The molecule has 0 aromatic heterocycles. The van der Waals surface area contributed by atoms with Crippen LogP contribution in [-0.2, 0) is 14.6 Å². The van der Waals surface area contributed by atoms with Crippen LogP contribution >= 0.6 is 0 Å². The minimum atomic E-state index is -3.66. The van der Waals surface area contributed by atoms with E-state index < -0.39 is 32.4 Å². The summed E-state index contributed by atoms with van der Waals surface area (Å²) in [6.07, 6.45) is 0. The van der Waals surface area contributed by atoms with Gasteiger partial charge in [0.25, 0.3) is 0 Å². The normalized spacial score (nSPS) is 25.8. The van der Waals surface area contributed by atoms with Crippen LogP contribution in [0, 0.1) is 12.7 Å². The lowest BCUT2D eigenvalue weighted by Gasteiger charge is -2.12. The molecule has 1 aliphatic rings. The van der Waals surface area contributed by atoms with Crippen molar-refractivity contribution in [3.63, 3.8) is 0 Å². The third-order valence-electron chi connectivity index (χ3n) is 4.75. The van der Waals surface area contributed by atoms with Crippen molar-refractivity contribution in [2.45, 2.75) is 35.4 Å². The molecule has 0 bridgehead atoms. The minimum absolute atomic E-state index is 0.112. The van der Waals surface area contributed by atoms with E-state index in [-0.39, 0.29) is 11.5 Å². The van der Waals surface area contributed by atoms with Crippen molar-refractivity contribution in [2.24, 2.45) is 5.73 Å². The Morgan fingerprint density at radius 3 is 2.48 bits per heavy atom. The lowest BCUT2D eigenvalue weighted by atomic mass is 10.1. The molecule has 0 aliphatic heterocycles. The van der Waals surface area contributed by atoms with Gasteiger partial charge in [-0.3, -0.25) is 0 Å². The molecule has 1 saturated carbocycles. The van der Waals surface area contributed by atoms with E-state index in [1.54, 1.807) is 36.4 Å². The van der Waals surface area contributed by atoms with Gasteiger partial charge >= 0.3 is 0 Å². The number of hydrogen-bond acceptors (Lipinski definition) is 4. The Bertz CT molecular complexity index is 866. The average Bonchev–Trinajstić information content (AvgIpc) is 3.20. The molecule has 0 spiro atoms. The quantitative estimate of drug-likeness (QED) is 0.857. The standard InChI is InChI=1S/C19H22FNO3S/c1-3-24-12-19(21)17(14-5-4-6-15(20)11-14)18(19)25(22,23)16-9-7-13(2)8-10-16/h4-11,17-18H,3,12,21H2,1-2H3/t17-,18-,19+/m0/s1. The van der Waals surface area contributed by atoms with E-state index >= 15 is 0 Å². The summed E-state index contributed by atoms with van der Waals surface area (Å²) in [6, 6.07) is 12.7. The van der Waals surface area contributed by atoms with Crippen molar-refractivity contribution < 1.29 is 17.5 Å². The topological polar surface area (TPSA) is 69.4 Å². The summed E-state index contributed by atoms with van der Waals surface area (Å²) in [7, 11) is -3.66. The van der Waals surface area contributed by atoms with Crippen LogP contribution in [0.25, 0.3) is 0 Å². The van der Waals surface area contributed by atoms with Crippen LogP contribution in [0.5, 0.6) is 0 Å². The molecular formula is C19H22FNO3S. The molecule has 0 heterocycles. The molecule has 2 N–H and O–H groups in total. The van der Waals surface area contributed by atoms with Crippen LogP contribution in [0.2, 0.25) is 0 Å². The second-order valence-corrected chi connectivity index (χ2v) is 8.63. The summed E-state index contributed by atoms with van der Waals surface area (Å²) in [5.74, 6) is -0.907. The van der Waals surface area contributed by atoms with Gasteiger partial charge in [0.05, 0.1) is 22.3 Å². The molecule has 1 fully saturated rings. The largest absolute Gasteiger partial charge is 0.380 e. The number of rotatable bonds is 6.